The van der Waals surface area contributed by atoms with Gasteiger partial charge in [0.1, 0.15) is 0 Å². The van der Waals surface area contributed by atoms with Gasteiger partial charge in [0.25, 0.3) is 0 Å². The van der Waals surface area contributed by atoms with Crippen molar-refractivity contribution in [3.8, 4) is 0 Å². The van der Waals surface area contributed by atoms with E-state index in [-0.39, 0.29) is 6.04 Å². The predicted molar refractivity (Wildman–Crippen MR) is 74.7 cm³/mol. The minimum atomic E-state index is -0.787. The molecule has 0 aromatic heterocycles. The van der Waals surface area contributed by atoms with Gasteiger partial charge in [-0.1, -0.05) is 19.1 Å². The second-order valence-electron chi connectivity index (χ2n) is 5.02. The first kappa shape index (κ1) is 15.4. The summed E-state index contributed by atoms with van der Waals surface area (Å²) in [5, 5.41) is 3.25. The summed E-state index contributed by atoms with van der Waals surface area (Å²) in [6.45, 7) is 6.58. The lowest BCUT2D eigenvalue weighted by Gasteiger charge is -2.27. The Kier molecular flexibility index (Phi) is 5.88. The zero-order valence-corrected chi connectivity index (χ0v) is 11.9. The summed E-state index contributed by atoms with van der Waals surface area (Å²) in [5.41, 5.74) is 0.400. The molecule has 0 spiro atoms. The first-order valence-electron chi connectivity index (χ1n) is 7.19. The Balaban J connectivity index is 2.11. The van der Waals surface area contributed by atoms with Crippen LogP contribution in [0.15, 0.2) is 18.2 Å². The molecule has 1 aromatic carbocycles. The molecule has 1 aliphatic heterocycles. The Hall–Kier alpha value is -1.04. The SMILES string of the molecule is CCNC(CN1CCCOCC1)c1cccc(F)c1F. The first-order chi connectivity index (χ1) is 9.72. The third-order valence-electron chi connectivity index (χ3n) is 3.56. The van der Waals surface area contributed by atoms with Crippen LogP contribution in [0.3, 0.4) is 0 Å². The Bertz CT molecular complexity index is 420. The third kappa shape index (κ3) is 3.98. The van der Waals surface area contributed by atoms with E-state index >= 15 is 0 Å². The van der Waals surface area contributed by atoms with Crippen LogP contribution in [0.25, 0.3) is 0 Å². The summed E-state index contributed by atoms with van der Waals surface area (Å²) < 4.78 is 32.8. The number of likely N-dealkylation sites (N-methyl/N-ethyl adjacent to an activating group) is 1. The molecular formula is C15H22F2N2O. The van der Waals surface area contributed by atoms with Crippen molar-refractivity contribution in [2.45, 2.75) is 19.4 Å². The van der Waals surface area contributed by atoms with Crippen molar-refractivity contribution in [3.05, 3.63) is 35.4 Å². The molecule has 0 radical (unpaired) electrons. The highest BCUT2D eigenvalue weighted by Gasteiger charge is 2.21. The van der Waals surface area contributed by atoms with Crippen LogP contribution in [0.4, 0.5) is 8.78 Å². The van der Waals surface area contributed by atoms with Gasteiger partial charge in [-0.05, 0) is 19.0 Å². The van der Waals surface area contributed by atoms with Crippen molar-refractivity contribution >= 4 is 0 Å². The molecule has 1 heterocycles. The predicted octanol–water partition coefficient (Wildman–Crippen LogP) is 2.34. The molecule has 1 fully saturated rings. The highest BCUT2D eigenvalue weighted by Crippen LogP contribution is 2.20. The van der Waals surface area contributed by atoms with Gasteiger partial charge in [-0.15, -0.1) is 0 Å². The number of nitrogens with zero attached hydrogens (tertiary/aromatic N) is 1. The number of benzene rings is 1. The lowest BCUT2D eigenvalue weighted by Crippen LogP contribution is -2.37. The average molecular weight is 284 g/mol. The van der Waals surface area contributed by atoms with Gasteiger partial charge >= 0.3 is 0 Å². The second-order valence-corrected chi connectivity index (χ2v) is 5.02. The Labute approximate surface area is 118 Å². The van der Waals surface area contributed by atoms with Crippen molar-refractivity contribution in [1.82, 2.24) is 10.2 Å². The molecule has 1 atom stereocenters. The number of nitrogens with one attached hydrogen (secondary N) is 1. The van der Waals surface area contributed by atoms with E-state index in [1.165, 1.54) is 0 Å². The fourth-order valence-electron chi connectivity index (χ4n) is 2.55. The van der Waals surface area contributed by atoms with Gasteiger partial charge in [-0.25, -0.2) is 8.78 Å². The van der Waals surface area contributed by atoms with Crippen LogP contribution in [0.5, 0.6) is 0 Å². The van der Waals surface area contributed by atoms with Crippen LogP contribution in [-0.2, 0) is 4.74 Å². The van der Waals surface area contributed by atoms with E-state index in [4.69, 9.17) is 4.74 Å². The monoisotopic (exact) mass is 284 g/mol. The van der Waals surface area contributed by atoms with Crippen molar-refractivity contribution in [3.63, 3.8) is 0 Å². The molecule has 1 N–H and O–H groups in total. The van der Waals surface area contributed by atoms with Crippen molar-refractivity contribution < 1.29 is 13.5 Å². The molecule has 1 saturated heterocycles. The zero-order chi connectivity index (χ0) is 14.4. The van der Waals surface area contributed by atoms with Crippen LogP contribution >= 0.6 is 0 Å². The maximum atomic E-state index is 14.0. The largest absolute Gasteiger partial charge is 0.380 e. The van der Waals surface area contributed by atoms with Gasteiger partial charge in [0.05, 0.1) is 6.61 Å². The highest BCUT2D eigenvalue weighted by molar-refractivity contribution is 5.23. The van der Waals surface area contributed by atoms with E-state index in [1.54, 1.807) is 12.1 Å². The maximum absolute atomic E-state index is 14.0. The molecule has 0 aliphatic carbocycles. The minimum absolute atomic E-state index is 0.200. The van der Waals surface area contributed by atoms with E-state index in [0.717, 1.165) is 32.2 Å². The van der Waals surface area contributed by atoms with Gasteiger partial charge in [0, 0.05) is 37.8 Å². The molecule has 0 bridgehead atoms. The Morgan fingerprint density at radius 2 is 2.15 bits per heavy atom. The quantitative estimate of drug-likeness (QED) is 0.898. The number of rotatable bonds is 5. The smallest absolute Gasteiger partial charge is 0.163 e. The van der Waals surface area contributed by atoms with Gasteiger partial charge in [0.2, 0.25) is 0 Å². The molecular weight excluding hydrogens is 262 g/mol. The zero-order valence-electron chi connectivity index (χ0n) is 11.9. The average Bonchev–Trinajstić information content (AvgIpc) is 2.70. The molecule has 3 nitrogen and oxygen atoms in total. The van der Waals surface area contributed by atoms with Gasteiger partial charge < -0.3 is 10.1 Å². The summed E-state index contributed by atoms with van der Waals surface area (Å²) in [7, 11) is 0. The fourth-order valence-corrected chi connectivity index (χ4v) is 2.55. The van der Waals surface area contributed by atoms with E-state index < -0.39 is 11.6 Å². The van der Waals surface area contributed by atoms with Gasteiger partial charge in [0.15, 0.2) is 11.6 Å². The van der Waals surface area contributed by atoms with Gasteiger partial charge in [-0.2, -0.15) is 0 Å². The number of ether oxygens (including phenoxy) is 1. The summed E-state index contributed by atoms with van der Waals surface area (Å²) in [6.07, 6.45) is 0.977. The molecule has 112 valence electrons. The Morgan fingerprint density at radius 1 is 1.30 bits per heavy atom. The summed E-state index contributed by atoms with van der Waals surface area (Å²) in [6, 6.07) is 4.17. The summed E-state index contributed by atoms with van der Waals surface area (Å²) >= 11 is 0. The molecule has 1 aromatic rings. The standard InChI is InChI=1S/C15H22F2N2O/c1-2-18-14(11-19-7-4-9-20-10-8-19)12-5-3-6-13(16)15(12)17/h3,5-6,14,18H,2,4,7-11H2,1H3. The first-order valence-corrected chi connectivity index (χ1v) is 7.19. The van der Waals surface area contributed by atoms with Crippen LogP contribution < -0.4 is 5.32 Å². The van der Waals surface area contributed by atoms with Crippen LogP contribution in [-0.4, -0.2) is 44.3 Å². The van der Waals surface area contributed by atoms with Crippen LogP contribution in [0.1, 0.15) is 24.9 Å². The number of hydrogen-bond acceptors (Lipinski definition) is 3. The maximum Gasteiger partial charge on any atom is 0.163 e. The van der Waals surface area contributed by atoms with Crippen molar-refractivity contribution in [2.24, 2.45) is 0 Å². The van der Waals surface area contributed by atoms with E-state index in [9.17, 15) is 8.78 Å². The molecule has 20 heavy (non-hydrogen) atoms. The lowest BCUT2D eigenvalue weighted by molar-refractivity contribution is 0.139. The van der Waals surface area contributed by atoms with Crippen molar-refractivity contribution in [2.75, 3.05) is 39.4 Å². The molecule has 0 saturated carbocycles. The molecule has 1 unspecified atom stereocenters. The third-order valence-corrected chi connectivity index (χ3v) is 3.56. The molecule has 0 amide bonds. The fraction of sp³-hybridized carbons (Fsp3) is 0.600. The van der Waals surface area contributed by atoms with Crippen LogP contribution in [0, 0.1) is 11.6 Å². The topological polar surface area (TPSA) is 24.5 Å². The van der Waals surface area contributed by atoms with E-state index in [0.29, 0.717) is 25.3 Å². The normalized spacial score (nSPS) is 18.8. The number of halogens is 2. The van der Waals surface area contributed by atoms with Crippen molar-refractivity contribution in [1.29, 1.82) is 0 Å². The summed E-state index contributed by atoms with van der Waals surface area (Å²) in [5.74, 6) is -1.53. The lowest BCUT2D eigenvalue weighted by atomic mass is 10.0. The second kappa shape index (κ2) is 7.67. The van der Waals surface area contributed by atoms with E-state index in [2.05, 4.69) is 10.2 Å². The van der Waals surface area contributed by atoms with E-state index in [1.807, 2.05) is 6.92 Å². The Morgan fingerprint density at radius 3 is 2.95 bits per heavy atom. The molecule has 2 rings (SSSR count). The minimum Gasteiger partial charge on any atom is -0.380 e. The summed E-state index contributed by atoms with van der Waals surface area (Å²) in [4.78, 5) is 2.24. The van der Waals surface area contributed by atoms with Crippen LogP contribution in [0.2, 0.25) is 0 Å². The highest BCUT2D eigenvalue weighted by atomic mass is 19.2. The molecule has 5 heteroatoms. The molecule has 1 aliphatic rings. The van der Waals surface area contributed by atoms with Gasteiger partial charge in [-0.3, -0.25) is 4.90 Å². The number of hydrogen-bond donors (Lipinski definition) is 1.